The molecule has 1 N–H and O–H groups in total. The van der Waals surface area contributed by atoms with Crippen molar-refractivity contribution in [3.63, 3.8) is 0 Å². The predicted octanol–water partition coefficient (Wildman–Crippen LogP) is 2.37. The molecule has 2 atom stereocenters. The van der Waals surface area contributed by atoms with Crippen LogP contribution in [-0.2, 0) is 14.8 Å². The maximum atomic E-state index is 13.2. The summed E-state index contributed by atoms with van der Waals surface area (Å²) in [5, 5.41) is 3.07. The third kappa shape index (κ3) is 3.05. The average molecular weight is 424 g/mol. The molecule has 0 unspecified atom stereocenters. The van der Waals surface area contributed by atoms with E-state index in [1.807, 2.05) is 0 Å². The minimum Gasteiger partial charge on any atom is -0.332 e. The zero-order chi connectivity index (χ0) is 20.1. The van der Waals surface area contributed by atoms with Gasteiger partial charge in [-0.1, -0.05) is 11.6 Å². The summed E-state index contributed by atoms with van der Waals surface area (Å²) >= 11 is 5.83. The summed E-state index contributed by atoms with van der Waals surface area (Å²) in [7, 11) is -3.97. The number of benzene rings is 2. The highest BCUT2D eigenvalue weighted by atomic mass is 35.5. The molecule has 2 saturated heterocycles. The molecule has 2 aromatic rings. The first-order valence-corrected chi connectivity index (χ1v) is 10.3. The van der Waals surface area contributed by atoms with Gasteiger partial charge < -0.3 is 5.32 Å². The molecule has 146 valence electrons. The number of sulfonamides is 1. The molecule has 4 rings (SSSR count). The Morgan fingerprint density at radius 3 is 2.32 bits per heavy atom. The molecule has 2 aliphatic rings. The maximum Gasteiger partial charge on any atom is 0.329 e. The van der Waals surface area contributed by atoms with Crippen LogP contribution in [0.3, 0.4) is 0 Å². The molecule has 0 saturated carbocycles. The number of hydrogen-bond acceptors (Lipinski definition) is 4. The standard InChI is InChI=1S/C18H15ClFN3O4S/c19-11-1-7-14(8-2-11)28(26,27)22-10-9-15-16(22)17(24)23(18(25)21-15)13-5-3-12(20)4-6-13/h1-8,15-16H,9-10H2,(H,21,25)/t15-,16-/m1/s1. The molecule has 0 spiro atoms. The second kappa shape index (κ2) is 6.84. The minimum absolute atomic E-state index is 0.00980. The molecule has 0 bridgehead atoms. The van der Waals surface area contributed by atoms with E-state index in [0.717, 1.165) is 21.3 Å². The van der Waals surface area contributed by atoms with Crippen LogP contribution >= 0.6 is 11.6 Å². The topological polar surface area (TPSA) is 86.8 Å². The highest BCUT2D eigenvalue weighted by molar-refractivity contribution is 7.89. The molecule has 0 aromatic heterocycles. The lowest BCUT2D eigenvalue weighted by atomic mass is 10.1. The van der Waals surface area contributed by atoms with Gasteiger partial charge in [0.05, 0.1) is 16.6 Å². The number of rotatable bonds is 3. The zero-order valence-corrected chi connectivity index (χ0v) is 16.0. The molecule has 7 nitrogen and oxygen atoms in total. The van der Waals surface area contributed by atoms with Crippen molar-refractivity contribution in [2.75, 3.05) is 11.4 Å². The van der Waals surface area contributed by atoms with Crippen LogP contribution in [0.4, 0.5) is 14.9 Å². The van der Waals surface area contributed by atoms with Crippen molar-refractivity contribution in [2.45, 2.75) is 23.4 Å². The van der Waals surface area contributed by atoms with Crippen molar-refractivity contribution in [2.24, 2.45) is 0 Å². The highest BCUT2D eigenvalue weighted by Gasteiger charge is 2.52. The Labute approximate surface area is 165 Å². The minimum atomic E-state index is -3.97. The van der Waals surface area contributed by atoms with Crippen LogP contribution in [0.5, 0.6) is 0 Å². The number of nitrogens with one attached hydrogen (secondary N) is 1. The van der Waals surface area contributed by atoms with Gasteiger partial charge in [-0.3, -0.25) is 4.79 Å². The predicted molar refractivity (Wildman–Crippen MR) is 100.0 cm³/mol. The van der Waals surface area contributed by atoms with E-state index in [-0.39, 0.29) is 17.1 Å². The van der Waals surface area contributed by atoms with E-state index in [0.29, 0.717) is 11.4 Å². The van der Waals surface area contributed by atoms with Crippen LogP contribution in [0.2, 0.25) is 5.02 Å². The molecule has 2 aromatic carbocycles. The summed E-state index contributed by atoms with van der Waals surface area (Å²) in [5.41, 5.74) is 0.165. The highest BCUT2D eigenvalue weighted by Crippen LogP contribution is 2.32. The molecule has 0 aliphatic carbocycles. The van der Waals surface area contributed by atoms with Crippen molar-refractivity contribution in [3.8, 4) is 0 Å². The number of urea groups is 1. The van der Waals surface area contributed by atoms with Gasteiger partial charge in [0.2, 0.25) is 10.0 Å². The van der Waals surface area contributed by atoms with Gasteiger partial charge in [-0.05, 0) is 55.0 Å². The number of nitrogens with zero attached hydrogens (tertiary/aromatic N) is 2. The van der Waals surface area contributed by atoms with Gasteiger partial charge in [-0.2, -0.15) is 4.31 Å². The van der Waals surface area contributed by atoms with Crippen LogP contribution in [0.1, 0.15) is 6.42 Å². The lowest BCUT2D eigenvalue weighted by Gasteiger charge is -2.36. The number of carbonyl (C=O) groups is 2. The Bertz CT molecular complexity index is 1040. The molecule has 0 radical (unpaired) electrons. The quantitative estimate of drug-likeness (QED) is 0.821. The van der Waals surface area contributed by atoms with E-state index < -0.39 is 39.9 Å². The molecule has 28 heavy (non-hydrogen) atoms. The summed E-state index contributed by atoms with van der Waals surface area (Å²) in [6.45, 7) is 0.0869. The Morgan fingerprint density at radius 2 is 1.68 bits per heavy atom. The van der Waals surface area contributed by atoms with Crippen molar-refractivity contribution in [1.29, 1.82) is 0 Å². The van der Waals surface area contributed by atoms with Crippen LogP contribution in [-0.4, -0.2) is 43.3 Å². The summed E-state index contributed by atoms with van der Waals surface area (Å²) in [5.74, 6) is -1.19. The van der Waals surface area contributed by atoms with Gasteiger partial charge >= 0.3 is 6.03 Å². The number of halogens is 2. The van der Waals surface area contributed by atoms with Gasteiger partial charge in [-0.25, -0.2) is 22.5 Å². The molecule has 2 fully saturated rings. The fourth-order valence-electron chi connectivity index (χ4n) is 3.51. The molecule has 3 amide bonds. The fourth-order valence-corrected chi connectivity index (χ4v) is 5.27. The van der Waals surface area contributed by atoms with Gasteiger partial charge in [0.1, 0.15) is 11.9 Å². The van der Waals surface area contributed by atoms with Crippen LogP contribution in [0.15, 0.2) is 53.4 Å². The molecular weight excluding hydrogens is 409 g/mol. The number of carbonyl (C=O) groups excluding carboxylic acids is 2. The normalized spacial score (nSPS) is 22.9. The summed E-state index contributed by atoms with van der Waals surface area (Å²) in [6, 6.07) is 8.11. The number of hydrogen-bond donors (Lipinski definition) is 1. The van der Waals surface area contributed by atoms with Crippen LogP contribution in [0.25, 0.3) is 0 Å². The molecule has 2 aliphatic heterocycles. The first kappa shape index (κ1) is 18.9. The lowest BCUT2D eigenvalue weighted by molar-refractivity contribution is -0.122. The van der Waals surface area contributed by atoms with E-state index in [2.05, 4.69) is 5.32 Å². The Balaban J connectivity index is 1.70. The zero-order valence-electron chi connectivity index (χ0n) is 14.4. The third-order valence-electron chi connectivity index (χ3n) is 4.84. The van der Waals surface area contributed by atoms with E-state index in [1.165, 1.54) is 36.4 Å². The Hall–Kier alpha value is -2.49. The lowest BCUT2D eigenvalue weighted by Crippen LogP contribution is -2.64. The van der Waals surface area contributed by atoms with Crippen molar-refractivity contribution < 1.29 is 22.4 Å². The van der Waals surface area contributed by atoms with Crippen molar-refractivity contribution in [1.82, 2.24) is 9.62 Å². The summed E-state index contributed by atoms with van der Waals surface area (Å²) in [6.07, 6.45) is 0.312. The van der Waals surface area contributed by atoms with Gasteiger partial charge in [0, 0.05) is 11.6 Å². The number of amides is 3. The summed E-state index contributed by atoms with van der Waals surface area (Å²) < 4.78 is 40.4. The van der Waals surface area contributed by atoms with Crippen LogP contribution in [0, 0.1) is 5.82 Å². The average Bonchev–Trinajstić information content (AvgIpc) is 3.08. The van der Waals surface area contributed by atoms with E-state index in [1.54, 1.807) is 0 Å². The SMILES string of the molecule is O=C1N[C@@H]2CCN(S(=O)(=O)c3ccc(Cl)cc3)[C@H]2C(=O)N1c1ccc(F)cc1. The molecule has 10 heteroatoms. The first-order valence-electron chi connectivity index (χ1n) is 8.46. The molecule has 2 heterocycles. The Kier molecular flexibility index (Phi) is 4.60. The largest absolute Gasteiger partial charge is 0.332 e. The smallest absolute Gasteiger partial charge is 0.329 e. The third-order valence-corrected chi connectivity index (χ3v) is 6.99. The second-order valence-corrected chi connectivity index (χ2v) is 8.84. The number of fused-ring (bicyclic) bond motifs is 1. The second-order valence-electron chi connectivity index (χ2n) is 6.51. The van der Waals surface area contributed by atoms with E-state index in [9.17, 15) is 22.4 Å². The van der Waals surface area contributed by atoms with Crippen LogP contribution < -0.4 is 10.2 Å². The van der Waals surface area contributed by atoms with Gasteiger partial charge in [-0.15, -0.1) is 0 Å². The number of anilines is 1. The van der Waals surface area contributed by atoms with Crippen molar-refractivity contribution in [3.05, 3.63) is 59.4 Å². The van der Waals surface area contributed by atoms with E-state index >= 15 is 0 Å². The summed E-state index contributed by atoms with van der Waals surface area (Å²) in [4.78, 5) is 26.4. The fraction of sp³-hybridized carbons (Fsp3) is 0.222. The Morgan fingerprint density at radius 1 is 1.04 bits per heavy atom. The maximum absolute atomic E-state index is 13.2. The monoisotopic (exact) mass is 423 g/mol. The van der Waals surface area contributed by atoms with Gasteiger partial charge in [0.25, 0.3) is 5.91 Å². The first-order chi connectivity index (χ1) is 13.3. The van der Waals surface area contributed by atoms with Gasteiger partial charge in [0.15, 0.2) is 0 Å². The molecular formula is C18H15ClFN3O4S. The van der Waals surface area contributed by atoms with E-state index in [4.69, 9.17) is 11.6 Å². The van der Waals surface area contributed by atoms with Crippen molar-refractivity contribution >= 4 is 39.2 Å². The number of imide groups is 1.